The Labute approximate surface area is 225 Å². The molecule has 0 amide bonds. The molecule has 1 saturated heterocycles. The van der Waals surface area contributed by atoms with E-state index in [0.29, 0.717) is 6.04 Å². The number of morpholine rings is 1. The zero-order valence-electron chi connectivity index (χ0n) is 21.2. The maximum atomic E-state index is 9.89. The highest BCUT2D eigenvalue weighted by molar-refractivity contribution is 7.18. The van der Waals surface area contributed by atoms with Crippen LogP contribution in [0.1, 0.15) is 31.2 Å². The van der Waals surface area contributed by atoms with Crippen LogP contribution in [-0.2, 0) is 11.3 Å². The van der Waals surface area contributed by atoms with Crippen LogP contribution >= 0.6 is 11.3 Å². The van der Waals surface area contributed by atoms with Gasteiger partial charge in [0.15, 0.2) is 5.13 Å². The Morgan fingerprint density at radius 2 is 1.79 bits per heavy atom. The van der Waals surface area contributed by atoms with Crippen LogP contribution in [0.5, 0.6) is 0 Å². The Morgan fingerprint density at radius 1 is 1.00 bits per heavy atom. The maximum absolute atomic E-state index is 9.89. The van der Waals surface area contributed by atoms with Crippen molar-refractivity contribution in [3.05, 3.63) is 60.4 Å². The number of pyridine rings is 1. The van der Waals surface area contributed by atoms with Gasteiger partial charge in [-0.1, -0.05) is 29.5 Å². The van der Waals surface area contributed by atoms with Crippen molar-refractivity contribution >= 4 is 28.1 Å². The van der Waals surface area contributed by atoms with E-state index in [-0.39, 0.29) is 6.10 Å². The third-order valence-corrected chi connectivity index (χ3v) is 7.85. The smallest absolute Gasteiger partial charge is 0.188 e. The summed E-state index contributed by atoms with van der Waals surface area (Å²) in [5, 5.41) is 26.7. The zero-order valence-corrected chi connectivity index (χ0v) is 22.0. The molecule has 0 spiro atoms. The summed E-state index contributed by atoms with van der Waals surface area (Å²) in [7, 11) is 0. The first-order chi connectivity index (χ1) is 18.7. The topological polar surface area (TPSA) is 113 Å². The number of benzene rings is 1. The van der Waals surface area contributed by atoms with E-state index >= 15 is 0 Å². The molecule has 1 saturated carbocycles. The SMILES string of the molecule is O[C@H]1CC[C@H](Nc2cc(CN3CCOCC3)cc(Nc3ncc(-c4cnn(-c5ccccc5)n4)s3)n2)CC1. The van der Waals surface area contributed by atoms with Gasteiger partial charge in [-0.2, -0.15) is 9.90 Å². The summed E-state index contributed by atoms with van der Waals surface area (Å²) in [5.74, 6) is 1.60. The molecule has 1 aliphatic heterocycles. The molecule has 1 aliphatic carbocycles. The minimum atomic E-state index is -0.181. The van der Waals surface area contributed by atoms with Crippen LogP contribution in [0, 0.1) is 0 Å². The van der Waals surface area contributed by atoms with Crippen LogP contribution in [0.4, 0.5) is 16.8 Å². The number of aliphatic hydroxyl groups excluding tert-OH is 1. The molecule has 0 bridgehead atoms. The van der Waals surface area contributed by atoms with E-state index in [2.05, 4.69) is 42.8 Å². The van der Waals surface area contributed by atoms with Crippen LogP contribution in [0.3, 0.4) is 0 Å². The molecule has 0 atom stereocenters. The second-order valence-electron chi connectivity index (χ2n) is 9.79. The van der Waals surface area contributed by atoms with Crippen molar-refractivity contribution in [2.24, 2.45) is 0 Å². The lowest BCUT2D eigenvalue weighted by atomic mass is 9.93. The third kappa shape index (κ3) is 6.18. The van der Waals surface area contributed by atoms with Gasteiger partial charge in [-0.05, 0) is 55.5 Å². The quantitative estimate of drug-likeness (QED) is 0.309. The van der Waals surface area contributed by atoms with Crippen LogP contribution in [0.25, 0.3) is 16.3 Å². The monoisotopic (exact) mass is 532 g/mol. The molecule has 4 heterocycles. The van der Waals surface area contributed by atoms with E-state index in [1.807, 2.05) is 36.5 Å². The van der Waals surface area contributed by atoms with Crippen molar-refractivity contribution in [2.75, 3.05) is 36.9 Å². The number of rotatable bonds is 8. The lowest BCUT2D eigenvalue weighted by Crippen LogP contribution is -2.35. The van der Waals surface area contributed by atoms with E-state index in [1.165, 1.54) is 16.9 Å². The van der Waals surface area contributed by atoms with E-state index in [4.69, 9.17) is 9.72 Å². The minimum absolute atomic E-state index is 0.181. The van der Waals surface area contributed by atoms with Gasteiger partial charge in [-0.15, -0.1) is 5.10 Å². The highest BCUT2D eigenvalue weighted by Gasteiger charge is 2.20. The summed E-state index contributed by atoms with van der Waals surface area (Å²) in [6.07, 6.45) is 6.93. The second kappa shape index (κ2) is 11.6. The largest absolute Gasteiger partial charge is 0.393 e. The Morgan fingerprint density at radius 3 is 2.61 bits per heavy atom. The molecule has 6 rings (SSSR count). The molecule has 0 radical (unpaired) electrons. The molecule has 2 aliphatic rings. The van der Waals surface area contributed by atoms with Gasteiger partial charge < -0.3 is 20.5 Å². The fraction of sp³-hybridized carbons (Fsp3) is 0.407. The summed E-state index contributed by atoms with van der Waals surface area (Å²) < 4.78 is 5.52. The van der Waals surface area contributed by atoms with E-state index in [9.17, 15) is 5.11 Å². The predicted molar refractivity (Wildman–Crippen MR) is 148 cm³/mol. The number of para-hydroxylation sites is 1. The van der Waals surface area contributed by atoms with Gasteiger partial charge in [0, 0.05) is 31.9 Å². The number of anilines is 3. The van der Waals surface area contributed by atoms with Crippen molar-refractivity contribution in [1.82, 2.24) is 29.9 Å². The number of hydrogen-bond acceptors (Lipinski definition) is 10. The van der Waals surface area contributed by atoms with Crippen molar-refractivity contribution in [3.8, 4) is 16.3 Å². The van der Waals surface area contributed by atoms with Crippen LogP contribution < -0.4 is 10.6 Å². The normalized spacial score (nSPS) is 20.3. The summed E-state index contributed by atoms with van der Waals surface area (Å²) in [4.78, 5) is 14.4. The molecule has 10 nitrogen and oxygen atoms in total. The molecular weight excluding hydrogens is 500 g/mol. The Hall–Kier alpha value is -3.38. The third-order valence-electron chi connectivity index (χ3n) is 6.92. The highest BCUT2D eigenvalue weighted by atomic mass is 32.1. The molecule has 198 valence electrons. The number of nitrogens with zero attached hydrogens (tertiary/aromatic N) is 6. The average molecular weight is 533 g/mol. The van der Waals surface area contributed by atoms with Crippen LogP contribution in [-0.4, -0.2) is 73.4 Å². The molecule has 1 aromatic carbocycles. The molecule has 11 heteroatoms. The lowest BCUT2D eigenvalue weighted by Gasteiger charge is -2.28. The van der Waals surface area contributed by atoms with E-state index < -0.39 is 0 Å². The minimum Gasteiger partial charge on any atom is -0.393 e. The fourth-order valence-corrected chi connectivity index (χ4v) is 5.66. The molecule has 3 N–H and O–H groups in total. The molecule has 38 heavy (non-hydrogen) atoms. The van der Waals surface area contributed by atoms with Crippen molar-refractivity contribution in [3.63, 3.8) is 0 Å². The molecule has 2 fully saturated rings. The fourth-order valence-electron chi connectivity index (χ4n) is 4.88. The first-order valence-electron chi connectivity index (χ1n) is 13.1. The van der Waals surface area contributed by atoms with Crippen LogP contribution in [0.15, 0.2) is 54.9 Å². The van der Waals surface area contributed by atoms with Crippen molar-refractivity contribution in [1.29, 1.82) is 0 Å². The van der Waals surface area contributed by atoms with Gasteiger partial charge in [-0.25, -0.2) is 9.97 Å². The summed E-state index contributed by atoms with van der Waals surface area (Å²) in [5.41, 5.74) is 2.87. The van der Waals surface area contributed by atoms with E-state index in [1.54, 1.807) is 11.0 Å². The van der Waals surface area contributed by atoms with Crippen molar-refractivity contribution in [2.45, 2.75) is 44.4 Å². The number of aromatic nitrogens is 5. The maximum Gasteiger partial charge on any atom is 0.188 e. The average Bonchev–Trinajstić information content (AvgIpc) is 3.61. The van der Waals surface area contributed by atoms with Crippen molar-refractivity contribution < 1.29 is 9.84 Å². The number of aliphatic hydroxyl groups is 1. The number of hydrogen-bond donors (Lipinski definition) is 3. The first-order valence-corrected chi connectivity index (χ1v) is 14.0. The molecule has 4 aromatic rings. The Balaban J connectivity index is 1.19. The van der Waals surface area contributed by atoms with Gasteiger partial charge in [0.2, 0.25) is 0 Å². The summed E-state index contributed by atoms with van der Waals surface area (Å²) in [6, 6.07) is 14.4. The number of nitrogens with one attached hydrogen (secondary N) is 2. The van der Waals surface area contributed by atoms with Gasteiger partial charge in [0.05, 0.1) is 36.1 Å². The zero-order chi connectivity index (χ0) is 25.7. The Bertz CT molecular complexity index is 1330. The standard InChI is InChI=1S/C27H32N8O2S/c36-22-8-6-20(7-9-22)30-25-14-19(18-34-10-12-37-13-11-34)15-26(31-25)32-27-28-17-24(38-27)23-16-29-35(33-23)21-4-2-1-3-5-21/h1-5,14-17,20,22,36H,6-13,18H2,(H2,28,30,31,32)/t20-,22-. The Kier molecular flexibility index (Phi) is 7.59. The highest BCUT2D eigenvalue weighted by Crippen LogP contribution is 2.30. The summed E-state index contributed by atoms with van der Waals surface area (Å²) in [6.45, 7) is 4.22. The molecule has 0 unspecified atom stereocenters. The van der Waals surface area contributed by atoms with Crippen LogP contribution in [0.2, 0.25) is 0 Å². The van der Waals surface area contributed by atoms with Gasteiger partial charge in [-0.3, -0.25) is 4.90 Å². The van der Waals surface area contributed by atoms with Gasteiger partial charge in [0.25, 0.3) is 0 Å². The number of ether oxygens (including phenoxy) is 1. The summed E-state index contributed by atoms with van der Waals surface area (Å²) >= 11 is 1.52. The predicted octanol–water partition coefficient (Wildman–Crippen LogP) is 4.08. The molecular formula is C27H32N8O2S. The van der Waals surface area contributed by atoms with E-state index in [0.717, 1.165) is 91.6 Å². The lowest BCUT2D eigenvalue weighted by molar-refractivity contribution is 0.0342. The number of thiazole rings is 1. The molecule has 3 aromatic heterocycles. The second-order valence-corrected chi connectivity index (χ2v) is 10.8. The first kappa shape index (κ1) is 24.9. The van der Waals surface area contributed by atoms with Gasteiger partial charge in [0.1, 0.15) is 17.3 Å². The van der Waals surface area contributed by atoms with Gasteiger partial charge >= 0.3 is 0 Å².